The minimum absolute atomic E-state index is 0.510. The van der Waals surface area contributed by atoms with Crippen molar-refractivity contribution in [3.8, 4) is 0 Å². The Hall–Kier alpha value is -0.300. The second-order valence-corrected chi connectivity index (χ2v) is 6.81. The van der Waals surface area contributed by atoms with E-state index in [1.807, 2.05) is 0 Å². The van der Waals surface area contributed by atoms with Crippen LogP contribution in [-0.4, -0.2) is 23.5 Å². The predicted molar refractivity (Wildman–Crippen MR) is 68.4 cm³/mol. The van der Waals surface area contributed by atoms with Gasteiger partial charge in [-0.1, -0.05) is 25.3 Å². The van der Waals surface area contributed by atoms with E-state index in [9.17, 15) is 0 Å². The minimum Gasteiger partial charge on any atom is -0.297 e. The molecule has 0 amide bonds. The molecular formula is C15H25N. The maximum absolute atomic E-state index is 3.98. The normalized spacial score (nSPS) is 42.4. The Bertz CT molecular complexity index is 290. The van der Waals surface area contributed by atoms with Crippen LogP contribution >= 0.6 is 0 Å². The predicted octanol–water partition coefficient (Wildman–Crippen LogP) is 3.61. The fraction of sp³-hybridized carbons (Fsp3) is 0.867. The fourth-order valence-electron chi connectivity index (χ4n) is 4.76. The molecule has 0 unspecified atom stereocenters. The number of hydrogen-bond acceptors (Lipinski definition) is 1. The molecule has 0 bridgehead atoms. The summed E-state index contributed by atoms with van der Waals surface area (Å²) in [6.45, 7) is 9.14. The first kappa shape index (κ1) is 10.8. The van der Waals surface area contributed by atoms with Gasteiger partial charge in [-0.3, -0.25) is 4.90 Å². The van der Waals surface area contributed by atoms with Gasteiger partial charge in [0.1, 0.15) is 0 Å². The maximum Gasteiger partial charge on any atom is 0.0193 e. The van der Waals surface area contributed by atoms with E-state index >= 15 is 0 Å². The topological polar surface area (TPSA) is 3.24 Å². The first-order valence-electron chi connectivity index (χ1n) is 7.04. The summed E-state index contributed by atoms with van der Waals surface area (Å²) in [6, 6.07) is 0. The largest absolute Gasteiger partial charge is 0.297 e. The number of fused-ring (bicyclic) bond motifs is 1. The van der Waals surface area contributed by atoms with Crippen LogP contribution in [-0.2, 0) is 0 Å². The molecule has 1 spiro atoms. The zero-order chi connectivity index (χ0) is 11.2. The molecular weight excluding hydrogens is 194 g/mol. The summed E-state index contributed by atoms with van der Waals surface area (Å²) in [6.07, 6.45) is 12.4. The van der Waals surface area contributed by atoms with Crippen LogP contribution in [0, 0.1) is 11.3 Å². The van der Waals surface area contributed by atoms with Crippen molar-refractivity contribution >= 4 is 0 Å². The molecule has 2 saturated heterocycles. The molecule has 1 saturated carbocycles. The molecule has 90 valence electrons. The van der Waals surface area contributed by atoms with Crippen molar-refractivity contribution in [3.63, 3.8) is 0 Å². The van der Waals surface area contributed by atoms with E-state index in [0.717, 1.165) is 5.92 Å². The zero-order valence-electron chi connectivity index (χ0n) is 10.7. The third kappa shape index (κ3) is 1.55. The summed E-state index contributed by atoms with van der Waals surface area (Å²) in [5.74, 6) is 0.756. The molecule has 2 aliphatic heterocycles. The van der Waals surface area contributed by atoms with Crippen LogP contribution in [0.15, 0.2) is 12.7 Å². The molecule has 0 aromatic rings. The van der Waals surface area contributed by atoms with Gasteiger partial charge in [0, 0.05) is 18.6 Å². The minimum atomic E-state index is 0.510. The first-order chi connectivity index (χ1) is 7.66. The summed E-state index contributed by atoms with van der Waals surface area (Å²) in [5.41, 5.74) is 1.22. The fourth-order valence-corrected chi connectivity index (χ4v) is 4.76. The molecule has 1 nitrogen and oxygen atoms in total. The lowest BCUT2D eigenvalue weighted by molar-refractivity contribution is 0.184. The lowest BCUT2D eigenvalue weighted by Gasteiger charge is -2.34. The highest BCUT2D eigenvalue weighted by Crippen LogP contribution is 2.54. The Labute approximate surface area is 99.9 Å². The summed E-state index contributed by atoms with van der Waals surface area (Å²) in [5, 5.41) is 0. The Balaban J connectivity index is 1.76. The highest BCUT2D eigenvalue weighted by Gasteiger charge is 2.54. The highest BCUT2D eigenvalue weighted by molar-refractivity contribution is 5.10. The van der Waals surface area contributed by atoms with Crippen LogP contribution < -0.4 is 0 Å². The van der Waals surface area contributed by atoms with Crippen molar-refractivity contribution in [3.05, 3.63) is 12.7 Å². The third-order valence-corrected chi connectivity index (χ3v) is 5.45. The highest BCUT2D eigenvalue weighted by atomic mass is 15.3. The standard InChI is InChI=1S/C15H25N/c1-3-13-9-14(2)11-15(12-16(14)10-13)7-5-4-6-8-15/h3,13H,1,4-12H2,2H3/t13-,14+/m0/s1. The molecule has 1 heteroatoms. The Morgan fingerprint density at radius 2 is 2.00 bits per heavy atom. The van der Waals surface area contributed by atoms with Gasteiger partial charge in [0.25, 0.3) is 0 Å². The van der Waals surface area contributed by atoms with Crippen molar-refractivity contribution < 1.29 is 0 Å². The van der Waals surface area contributed by atoms with Gasteiger partial charge in [0.05, 0.1) is 0 Å². The summed E-state index contributed by atoms with van der Waals surface area (Å²) < 4.78 is 0. The van der Waals surface area contributed by atoms with E-state index in [1.165, 1.54) is 58.0 Å². The van der Waals surface area contributed by atoms with Gasteiger partial charge >= 0.3 is 0 Å². The van der Waals surface area contributed by atoms with Crippen molar-refractivity contribution in [2.45, 2.75) is 57.4 Å². The van der Waals surface area contributed by atoms with Crippen molar-refractivity contribution in [1.29, 1.82) is 0 Å². The van der Waals surface area contributed by atoms with Gasteiger partial charge in [0.15, 0.2) is 0 Å². The monoisotopic (exact) mass is 219 g/mol. The van der Waals surface area contributed by atoms with Crippen LogP contribution in [0.25, 0.3) is 0 Å². The SMILES string of the molecule is C=C[C@@H]1CN2CC3(CCCCC3)C[C@@]2(C)C1. The molecule has 2 atom stereocenters. The molecule has 0 aromatic heterocycles. The van der Waals surface area contributed by atoms with Gasteiger partial charge in [-0.25, -0.2) is 0 Å². The van der Waals surface area contributed by atoms with Gasteiger partial charge in [-0.05, 0) is 43.9 Å². The van der Waals surface area contributed by atoms with Crippen molar-refractivity contribution in [2.75, 3.05) is 13.1 Å². The lowest BCUT2D eigenvalue weighted by Crippen LogP contribution is -2.34. The zero-order valence-corrected chi connectivity index (χ0v) is 10.7. The molecule has 0 aromatic carbocycles. The van der Waals surface area contributed by atoms with E-state index in [0.29, 0.717) is 11.0 Å². The van der Waals surface area contributed by atoms with Gasteiger partial charge < -0.3 is 0 Å². The van der Waals surface area contributed by atoms with E-state index in [4.69, 9.17) is 0 Å². The second-order valence-electron chi connectivity index (χ2n) is 6.81. The van der Waals surface area contributed by atoms with Gasteiger partial charge in [0.2, 0.25) is 0 Å². The van der Waals surface area contributed by atoms with Gasteiger partial charge in [-0.15, -0.1) is 6.58 Å². The van der Waals surface area contributed by atoms with Gasteiger partial charge in [-0.2, -0.15) is 0 Å². The molecule has 16 heavy (non-hydrogen) atoms. The number of nitrogens with zero attached hydrogens (tertiary/aromatic N) is 1. The Morgan fingerprint density at radius 3 is 2.62 bits per heavy atom. The second kappa shape index (κ2) is 3.60. The third-order valence-electron chi connectivity index (χ3n) is 5.45. The summed E-state index contributed by atoms with van der Waals surface area (Å²) in [4.78, 5) is 2.78. The van der Waals surface area contributed by atoms with Crippen LogP contribution in [0.1, 0.15) is 51.9 Å². The smallest absolute Gasteiger partial charge is 0.0193 e. The van der Waals surface area contributed by atoms with Crippen LogP contribution in [0.2, 0.25) is 0 Å². The molecule has 2 heterocycles. The van der Waals surface area contributed by atoms with Crippen molar-refractivity contribution in [2.24, 2.45) is 11.3 Å². The van der Waals surface area contributed by atoms with Crippen LogP contribution in [0.5, 0.6) is 0 Å². The van der Waals surface area contributed by atoms with E-state index in [-0.39, 0.29) is 0 Å². The lowest BCUT2D eigenvalue weighted by atomic mass is 9.70. The molecule has 3 aliphatic rings. The van der Waals surface area contributed by atoms with Crippen LogP contribution in [0.3, 0.4) is 0 Å². The number of rotatable bonds is 1. The average molecular weight is 219 g/mol. The quantitative estimate of drug-likeness (QED) is 0.609. The molecule has 1 aliphatic carbocycles. The summed E-state index contributed by atoms with van der Waals surface area (Å²) in [7, 11) is 0. The average Bonchev–Trinajstić information content (AvgIpc) is 2.67. The maximum atomic E-state index is 3.98. The first-order valence-corrected chi connectivity index (χ1v) is 7.04. The molecule has 3 rings (SSSR count). The molecule has 0 N–H and O–H groups in total. The van der Waals surface area contributed by atoms with Crippen molar-refractivity contribution in [1.82, 2.24) is 4.90 Å². The summed E-state index contributed by atoms with van der Waals surface area (Å²) >= 11 is 0. The molecule has 3 fully saturated rings. The van der Waals surface area contributed by atoms with E-state index < -0.39 is 0 Å². The molecule has 0 radical (unpaired) electrons. The van der Waals surface area contributed by atoms with Crippen LogP contribution in [0.4, 0.5) is 0 Å². The Morgan fingerprint density at radius 1 is 1.25 bits per heavy atom. The van der Waals surface area contributed by atoms with E-state index in [1.54, 1.807) is 0 Å². The number of hydrogen-bond donors (Lipinski definition) is 0. The van der Waals surface area contributed by atoms with E-state index in [2.05, 4.69) is 24.5 Å². The Kier molecular flexibility index (Phi) is 2.43.